The summed E-state index contributed by atoms with van der Waals surface area (Å²) in [6, 6.07) is 6.34. The van der Waals surface area contributed by atoms with Crippen LogP contribution in [0.15, 0.2) is 24.3 Å². The van der Waals surface area contributed by atoms with Crippen LogP contribution >= 0.6 is 0 Å². The Balaban J connectivity index is 1.93. The lowest BCUT2D eigenvalue weighted by molar-refractivity contribution is -0.128. The molecule has 5 heteroatoms. The third-order valence-corrected chi connectivity index (χ3v) is 3.36. The quantitative estimate of drug-likeness (QED) is 0.777. The molecule has 0 aromatic heterocycles. The number of unbranched alkanes of at least 4 members (excludes halogenated alkanes) is 1. The maximum Gasteiger partial charge on any atom is 0.238 e. The lowest BCUT2D eigenvalue weighted by Gasteiger charge is -2.24. The number of carbonyl (C=O) groups is 1. The van der Waals surface area contributed by atoms with Gasteiger partial charge in [-0.15, -0.1) is 0 Å². The van der Waals surface area contributed by atoms with E-state index in [1.807, 2.05) is 6.07 Å². The lowest BCUT2D eigenvalue weighted by atomic mass is 10.1. The minimum absolute atomic E-state index is 0.0263. The van der Waals surface area contributed by atoms with Crippen LogP contribution in [0.4, 0.5) is 4.39 Å². The second-order valence-electron chi connectivity index (χ2n) is 4.89. The van der Waals surface area contributed by atoms with Crippen LogP contribution in [0.25, 0.3) is 0 Å². The summed E-state index contributed by atoms with van der Waals surface area (Å²) in [5, 5.41) is 3.11. The molecule has 20 heavy (non-hydrogen) atoms. The summed E-state index contributed by atoms with van der Waals surface area (Å²) in [5.74, 6) is -0.263. The second-order valence-corrected chi connectivity index (χ2v) is 4.89. The maximum atomic E-state index is 13.3. The van der Waals surface area contributed by atoms with Crippen LogP contribution in [0, 0.1) is 5.82 Å². The molecule has 1 saturated heterocycles. The third-order valence-electron chi connectivity index (χ3n) is 3.36. The van der Waals surface area contributed by atoms with Crippen LogP contribution < -0.4 is 5.32 Å². The minimum atomic E-state index is -0.289. The van der Waals surface area contributed by atoms with E-state index in [2.05, 4.69) is 12.2 Å². The lowest BCUT2D eigenvalue weighted by Crippen LogP contribution is -2.33. The number of ether oxygens (including phenoxy) is 1. The van der Waals surface area contributed by atoms with Gasteiger partial charge in [0.1, 0.15) is 12.0 Å². The van der Waals surface area contributed by atoms with Gasteiger partial charge >= 0.3 is 0 Å². The van der Waals surface area contributed by atoms with E-state index in [1.165, 1.54) is 12.1 Å². The highest BCUT2D eigenvalue weighted by molar-refractivity contribution is 5.80. The molecule has 1 aliphatic rings. The normalized spacial score (nSPS) is 18.8. The molecule has 4 nitrogen and oxygen atoms in total. The van der Waals surface area contributed by atoms with Crippen molar-refractivity contribution in [1.29, 1.82) is 0 Å². The molecule has 110 valence electrons. The third kappa shape index (κ3) is 3.77. The Hall–Kier alpha value is -1.46. The van der Waals surface area contributed by atoms with Gasteiger partial charge in [0.05, 0.1) is 13.2 Å². The van der Waals surface area contributed by atoms with Crippen molar-refractivity contribution in [3.63, 3.8) is 0 Å². The molecule has 1 aromatic rings. The Labute approximate surface area is 118 Å². The van der Waals surface area contributed by atoms with Crippen molar-refractivity contribution in [1.82, 2.24) is 10.2 Å². The number of amides is 1. The van der Waals surface area contributed by atoms with Gasteiger partial charge in [0.25, 0.3) is 0 Å². The average molecular weight is 280 g/mol. The fourth-order valence-corrected chi connectivity index (χ4v) is 2.28. The number of nitrogens with zero attached hydrogens (tertiary/aromatic N) is 1. The van der Waals surface area contributed by atoms with E-state index in [0.29, 0.717) is 13.2 Å². The summed E-state index contributed by atoms with van der Waals surface area (Å²) in [7, 11) is 0. The Bertz CT molecular complexity index is 453. The zero-order valence-corrected chi connectivity index (χ0v) is 11.8. The molecule has 0 aliphatic carbocycles. The summed E-state index contributed by atoms with van der Waals surface area (Å²) in [6.45, 7) is 4.15. The van der Waals surface area contributed by atoms with Crippen molar-refractivity contribution in [2.75, 3.05) is 26.3 Å². The topological polar surface area (TPSA) is 41.6 Å². The highest BCUT2D eigenvalue weighted by atomic mass is 19.1. The summed E-state index contributed by atoms with van der Waals surface area (Å²) < 4.78 is 18.8. The summed E-state index contributed by atoms with van der Waals surface area (Å²) in [4.78, 5) is 13.6. The van der Waals surface area contributed by atoms with Crippen LogP contribution in [-0.2, 0) is 9.53 Å². The molecule has 1 amide bonds. The summed E-state index contributed by atoms with van der Waals surface area (Å²) in [5.41, 5.74) is 0.768. The molecule has 0 saturated carbocycles. The average Bonchev–Trinajstić information content (AvgIpc) is 2.80. The van der Waals surface area contributed by atoms with Crippen molar-refractivity contribution >= 4 is 5.91 Å². The van der Waals surface area contributed by atoms with Crippen LogP contribution in [-0.4, -0.2) is 37.1 Å². The van der Waals surface area contributed by atoms with Crippen molar-refractivity contribution < 1.29 is 13.9 Å². The molecule has 1 atom stereocenters. The molecule has 1 aromatic carbocycles. The van der Waals surface area contributed by atoms with Gasteiger partial charge in [-0.05, 0) is 24.1 Å². The Morgan fingerprint density at radius 2 is 2.30 bits per heavy atom. The van der Waals surface area contributed by atoms with E-state index in [1.54, 1.807) is 11.0 Å². The zero-order chi connectivity index (χ0) is 14.4. The molecule has 0 radical (unpaired) electrons. The fourth-order valence-electron chi connectivity index (χ4n) is 2.28. The summed E-state index contributed by atoms with van der Waals surface area (Å²) in [6.07, 6.45) is 1.86. The van der Waals surface area contributed by atoms with E-state index in [9.17, 15) is 9.18 Å². The van der Waals surface area contributed by atoms with Gasteiger partial charge in [-0.2, -0.15) is 0 Å². The van der Waals surface area contributed by atoms with Crippen LogP contribution in [0.5, 0.6) is 0 Å². The van der Waals surface area contributed by atoms with E-state index in [4.69, 9.17) is 4.74 Å². The van der Waals surface area contributed by atoms with Gasteiger partial charge in [0.15, 0.2) is 0 Å². The van der Waals surface area contributed by atoms with Crippen LogP contribution in [0.2, 0.25) is 0 Å². The Morgan fingerprint density at radius 1 is 1.45 bits per heavy atom. The highest BCUT2D eigenvalue weighted by Gasteiger charge is 2.31. The van der Waals surface area contributed by atoms with Gasteiger partial charge in [0.2, 0.25) is 5.91 Å². The predicted octanol–water partition coefficient (Wildman–Crippen LogP) is 2.07. The molecule has 1 N–H and O–H groups in total. The van der Waals surface area contributed by atoms with Crippen LogP contribution in [0.1, 0.15) is 31.5 Å². The fraction of sp³-hybridized carbons (Fsp3) is 0.533. The van der Waals surface area contributed by atoms with Gasteiger partial charge in [0, 0.05) is 13.2 Å². The van der Waals surface area contributed by atoms with E-state index in [0.717, 1.165) is 25.0 Å². The molecule has 0 spiro atoms. The number of halogens is 1. The molecular formula is C15H21FN2O2. The molecular weight excluding hydrogens is 259 g/mol. The van der Waals surface area contributed by atoms with E-state index >= 15 is 0 Å². The van der Waals surface area contributed by atoms with E-state index in [-0.39, 0.29) is 24.4 Å². The monoisotopic (exact) mass is 280 g/mol. The Kier molecular flexibility index (Phi) is 5.49. The standard InChI is InChI=1S/C15H21FN2O2/c1-2-3-8-20-9-7-18-14(19)11-17-15(18)12-5-4-6-13(16)10-12/h4-6,10,15,17H,2-3,7-9,11H2,1H3. The largest absolute Gasteiger partial charge is 0.380 e. The van der Waals surface area contributed by atoms with Gasteiger partial charge in [-0.3, -0.25) is 10.1 Å². The highest BCUT2D eigenvalue weighted by Crippen LogP contribution is 2.22. The van der Waals surface area contributed by atoms with Crippen molar-refractivity contribution in [2.24, 2.45) is 0 Å². The first-order valence-corrected chi connectivity index (χ1v) is 7.08. The SMILES string of the molecule is CCCCOCCN1C(=O)CNC1c1cccc(F)c1. The molecule has 2 rings (SSSR count). The predicted molar refractivity (Wildman–Crippen MR) is 74.6 cm³/mol. The molecule has 0 bridgehead atoms. The first kappa shape index (κ1) is 14.9. The minimum Gasteiger partial charge on any atom is -0.380 e. The summed E-state index contributed by atoms with van der Waals surface area (Å²) >= 11 is 0. The second kappa shape index (κ2) is 7.36. The number of nitrogens with one attached hydrogen (secondary N) is 1. The molecule has 1 fully saturated rings. The number of hydrogen-bond acceptors (Lipinski definition) is 3. The molecule has 1 unspecified atom stereocenters. The maximum absolute atomic E-state index is 13.3. The smallest absolute Gasteiger partial charge is 0.238 e. The zero-order valence-electron chi connectivity index (χ0n) is 11.8. The van der Waals surface area contributed by atoms with Crippen molar-refractivity contribution in [3.05, 3.63) is 35.6 Å². The van der Waals surface area contributed by atoms with Crippen molar-refractivity contribution in [2.45, 2.75) is 25.9 Å². The van der Waals surface area contributed by atoms with Crippen LogP contribution in [0.3, 0.4) is 0 Å². The van der Waals surface area contributed by atoms with Gasteiger partial charge in [-0.1, -0.05) is 25.5 Å². The van der Waals surface area contributed by atoms with Gasteiger partial charge in [-0.25, -0.2) is 4.39 Å². The van der Waals surface area contributed by atoms with E-state index < -0.39 is 0 Å². The number of hydrogen-bond donors (Lipinski definition) is 1. The number of rotatable bonds is 7. The first-order chi connectivity index (χ1) is 9.72. The van der Waals surface area contributed by atoms with Crippen molar-refractivity contribution in [3.8, 4) is 0 Å². The first-order valence-electron chi connectivity index (χ1n) is 7.08. The molecule has 1 heterocycles. The Morgan fingerprint density at radius 3 is 3.05 bits per heavy atom. The molecule has 1 aliphatic heterocycles. The number of benzene rings is 1. The number of carbonyl (C=O) groups excluding carboxylic acids is 1. The van der Waals surface area contributed by atoms with Gasteiger partial charge < -0.3 is 9.64 Å².